The highest BCUT2D eigenvalue weighted by Gasteiger charge is 2.45. The normalized spacial score (nSPS) is 14.8. The molecular formula is C26H25N5O11. The molecule has 0 amide bonds. The van der Waals surface area contributed by atoms with Gasteiger partial charge in [0.15, 0.2) is 0 Å². The van der Waals surface area contributed by atoms with Crippen LogP contribution < -0.4 is 9.47 Å². The number of hydrogen-bond acceptors (Lipinski definition) is 14. The Labute approximate surface area is 238 Å². The number of nitriles is 1. The molecule has 1 atom stereocenters. The van der Waals surface area contributed by atoms with Gasteiger partial charge in [0.2, 0.25) is 5.71 Å². The number of esters is 2. The van der Waals surface area contributed by atoms with E-state index in [1.165, 1.54) is 31.2 Å². The van der Waals surface area contributed by atoms with Crippen LogP contribution in [0.4, 0.5) is 5.69 Å². The number of nitro benzene ring substituents is 1. The number of ether oxygens (including phenoxy) is 4. The molecule has 0 radical (unpaired) electrons. The van der Waals surface area contributed by atoms with Crippen molar-refractivity contribution in [2.24, 2.45) is 4.99 Å². The lowest BCUT2D eigenvalue weighted by Gasteiger charge is -2.31. The summed E-state index contributed by atoms with van der Waals surface area (Å²) in [6.07, 6.45) is -1.66. The van der Waals surface area contributed by atoms with Crippen LogP contribution >= 0.6 is 0 Å². The van der Waals surface area contributed by atoms with Crippen molar-refractivity contribution in [1.82, 2.24) is 5.06 Å². The van der Waals surface area contributed by atoms with Crippen molar-refractivity contribution >= 4 is 23.3 Å². The van der Waals surface area contributed by atoms with Crippen molar-refractivity contribution in [3.05, 3.63) is 85.4 Å². The molecular weight excluding hydrogens is 558 g/mol. The van der Waals surface area contributed by atoms with Gasteiger partial charge in [0.25, 0.3) is 12.0 Å². The quantitative estimate of drug-likeness (QED) is 0.223. The highest BCUT2D eigenvalue weighted by atomic mass is 16.7. The van der Waals surface area contributed by atoms with Crippen molar-refractivity contribution < 1.29 is 43.2 Å². The fourth-order valence-corrected chi connectivity index (χ4v) is 3.47. The summed E-state index contributed by atoms with van der Waals surface area (Å²) < 4.78 is 21.8. The second-order valence-corrected chi connectivity index (χ2v) is 9.24. The molecule has 3 rings (SSSR count). The maximum atomic E-state index is 12.8. The minimum atomic E-state index is -1.66. The number of nitrogens with zero attached hydrogens (tertiary/aromatic N) is 5. The van der Waals surface area contributed by atoms with Crippen molar-refractivity contribution in [1.29, 1.82) is 5.26 Å². The molecule has 220 valence electrons. The SMILES string of the molecule is CCOC(=O)C1=NC(Oc2cccc(C(=O)OC(C)(C)C)c2)N(OC)C(Oc2ccc(C#N)c([N+](=O)[O-])c2)=C1[N+](=O)[O-]. The van der Waals surface area contributed by atoms with Crippen LogP contribution in [0.15, 0.2) is 59.0 Å². The van der Waals surface area contributed by atoms with E-state index in [1.54, 1.807) is 26.8 Å². The number of carbonyl (C=O) groups excluding carboxylic acids is 2. The van der Waals surface area contributed by atoms with E-state index in [0.29, 0.717) is 5.06 Å². The Hall–Kier alpha value is -5.56. The molecule has 42 heavy (non-hydrogen) atoms. The van der Waals surface area contributed by atoms with Crippen LogP contribution in [-0.2, 0) is 19.1 Å². The minimum absolute atomic E-state index is 0.0234. The van der Waals surface area contributed by atoms with Gasteiger partial charge in [0.1, 0.15) is 28.7 Å². The monoisotopic (exact) mass is 583 g/mol. The maximum absolute atomic E-state index is 12.8. The summed E-state index contributed by atoms with van der Waals surface area (Å²) in [6.45, 7) is 6.40. The molecule has 0 bridgehead atoms. The standard InChI is InChI=1S/C26H25N5O11/c1-6-39-24(33)20-21(31(36)37)22(40-18-11-10-16(14-27)19(13-18)30(34)35)29(38-5)25(28-20)41-17-9-7-8-15(12-17)23(32)42-26(2,3)4/h7-13,25H,6H2,1-5H3. The third-order valence-corrected chi connectivity index (χ3v) is 5.13. The molecule has 16 heteroatoms. The number of nitro groups is 2. The van der Waals surface area contributed by atoms with E-state index in [4.69, 9.17) is 23.8 Å². The van der Waals surface area contributed by atoms with Crippen LogP contribution in [0.3, 0.4) is 0 Å². The number of aliphatic imine (C=N–C) groups is 1. The van der Waals surface area contributed by atoms with Gasteiger partial charge < -0.3 is 18.9 Å². The Bertz CT molecular complexity index is 1520. The van der Waals surface area contributed by atoms with Crippen molar-refractivity contribution in [3.63, 3.8) is 0 Å². The van der Waals surface area contributed by atoms with Gasteiger partial charge in [-0.15, -0.1) is 0 Å². The zero-order chi connectivity index (χ0) is 31.2. The largest absolute Gasteiger partial charge is 0.461 e. The first-order valence-electron chi connectivity index (χ1n) is 12.1. The molecule has 0 N–H and O–H groups in total. The van der Waals surface area contributed by atoms with Crippen LogP contribution in [0.1, 0.15) is 43.6 Å². The van der Waals surface area contributed by atoms with E-state index in [1.807, 2.05) is 0 Å². The van der Waals surface area contributed by atoms with Crippen molar-refractivity contribution in [2.75, 3.05) is 13.7 Å². The Morgan fingerprint density at radius 2 is 1.79 bits per heavy atom. The summed E-state index contributed by atoms with van der Waals surface area (Å²) in [5, 5.41) is 33.5. The number of rotatable bonds is 10. The number of hydroxylamine groups is 2. The zero-order valence-corrected chi connectivity index (χ0v) is 23.1. The van der Waals surface area contributed by atoms with Crippen molar-refractivity contribution in [2.45, 2.75) is 39.6 Å². The molecule has 0 aliphatic carbocycles. The second kappa shape index (κ2) is 12.7. The van der Waals surface area contributed by atoms with Gasteiger partial charge in [-0.2, -0.15) is 10.3 Å². The van der Waals surface area contributed by atoms with Crippen LogP contribution in [-0.4, -0.2) is 58.2 Å². The van der Waals surface area contributed by atoms with Crippen LogP contribution in [0.25, 0.3) is 0 Å². The summed E-state index contributed by atoms with van der Waals surface area (Å²) >= 11 is 0. The van der Waals surface area contributed by atoms with Gasteiger partial charge in [-0.25, -0.2) is 14.6 Å². The molecule has 1 aliphatic rings. The third-order valence-electron chi connectivity index (χ3n) is 5.13. The average molecular weight is 584 g/mol. The van der Waals surface area contributed by atoms with E-state index < -0.39 is 56.7 Å². The summed E-state index contributed by atoms with van der Waals surface area (Å²) in [5.74, 6) is -2.88. The molecule has 0 saturated heterocycles. The van der Waals surface area contributed by atoms with Gasteiger partial charge >= 0.3 is 23.5 Å². The highest BCUT2D eigenvalue weighted by Crippen LogP contribution is 2.31. The van der Waals surface area contributed by atoms with E-state index in [9.17, 15) is 35.1 Å². The van der Waals surface area contributed by atoms with Crippen LogP contribution in [0.2, 0.25) is 0 Å². The Balaban J connectivity index is 2.11. The maximum Gasteiger partial charge on any atom is 0.364 e. The van der Waals surface area contributed by atoms with E-state index in [2.05, 4.69) is 4.99 Å². The minimum Gasteiger partial charge on any atom is -0.461 e. The molecule has 16 nitrogen and oxygen atoms in total. The molecule has 1 unspecified atom stereocenters. The molecule has 0 spiro atoms. The molecule has 0 fully saturated rings. The number of carbonyl (C=O) groups is 2. The lowest BCUT2D eigenvalue weighted by molar-refractivity contribution is -0.422. The first-order valence-corrected chi connectivity index (χ1v) is 12.1. The lowest BCUT2D eigenvalue weighted by atomic mass is 10.1. The average Bonchev–Trinajstić information content (AvgIpc) is 2.92. The van der Waals surface area contributed by atoms with E-state index >= 15 is 0 Å². The lowest BCUT2D eigenvalue weighted by Crippen LogP contribution is -2.46. The Kier molecular flexibility index (Phi) is 9.40. The zero-order valence-electron chi connectivity index (χ0n) is 23.1. The molecule has 2 aromatic carbocycles. The number of hydrogen-bond donors (Lipinski definition) is 0. The van der Waals surface area contributed by atoms with E-state index in [0.717, 1.165) is 25.3 Å². The topological polar surface area (TPSA) is 206 Å². The van der Waals surface area contributed by atoms with Crippen LogP contribution in [0, 0.1) is 31.6 Å². The van der Waals surface area contributed by atoms with Crippen LogP contribution in [0.5, 0.6) is 11.5 Å². The van der Waals surface area contributed by atoms with Gasteiger partial charge in [0.05, 0.1) is 35.2 Å². The predicted molar refractivity (Wildman–Crippen MR) is 141 cm³/mol. The highest BCUT2D eigenvalue weighted by molar-refractivity contribution is 6.42. The summed E-state index contributed by atoms with van der Waals surface area (Å²) in [6, 6.07) is 10.5. The fraction of sp³-hybridized carbons (Fsp3) is 0.308. The Morgan fingerprint density at radius 3 is 2.36 bits per heavy atom. The summed E-state index contributed by atoms with van der Waals surface area (Å²) in [5.41, 5.74) is -3.39. The van der Waals surface area contributed by atoms with E-state index in [-0.39, 0.29) is 29.2 Å². The summed E-state index contributed by atoms with van der Waals surface area (Å²) in [7, 11) is 1.10. The van der Waals surface area contributed by atoms with Gasteiger partial charge in [-0.1, -0.05) is 6.07 Å². The second-order valence-electron chi connectivity index (χ2n) is 9.24. The summed E-state index contributed by atoms with van der Waals surface area (Å²) in [4.78, 5) is 56.4. The molecule has 2 aromatic rings. The first-order chi connectivity index (χ1) is 19.8. The van der Waals surface area contributed by atoms with Gasteiger partial charge in [0, 0.05) is 0 Å². The fourth-order valence-electron chi connectivity index (χ4n) is 3.47. The molecule has 1 aliphatic heterocycles. The number of benzene rings is 2. The Morgan fingerprint density at radius 1 is 1.07 bits per heavy atom. The molecule has 1 heterocycles. The third kappa shape index (κ3) is 7.14. The molecule has 0 aromatic heterocycles. The first kappa shape index (κ1) is 31.0. The smallest absolute Gasteiger partial charge is 0.364 e. The van der Waals surface area contributed by atoms with Crippen molar-refractivity contribution in [3.8, 4) is 17.6 Å². The predicted octanol–water partition coefficient (Wildman–Crippen LogP) is 3.49. The van der Waals surface area contributed by atoms with Gasteiger partial charge in [-0.05, 0) is 58.0 Å². The van der Waals surface area contributed by atoms with Gasteiger partial charge in [-0.3, -0.25) is 25.1 Å². The molecule has 0 saturated carbocycles.